The summed E-state index contributed by atoms with van der Waals surface area (Å²) < 4.78 is 5.48. The Balaban J connectivity index is 2.40. The molecule has 0 radical (unpaired) electrons. The van der Waals surface area contributed by atoms with Crippen molar-refractivity contribution in [3.63, 3.8) is 0 Å². The number of rotatable bonds is 0. The highest BCUT2D eigenvalue weighted by molar-refractivity contribution is 6.34. The van der Waals surface area contributed by atoms with Crippen LogP contribution in [0.4, 0.5) is 16.2 Å². The molecular weight excluding hydrogens is 276 g/mol. The Morgan fingerprint density at radius 3 is 2.65 bits per heavy atom. The third-order valence-corrected chi connectivity index (χ3v) is 3.23. The minimum absolute atomic E-state index is 0.269. The second kappa shape index (κ2) is 4.85. The molecule has 1 heterocycles. The van der Waals surface area contributed by atoms with Crippen LogP contribution in [0.3, 0.4) is 0 Å². The Kier molecular flexibility index (Phi) is 3.63. The van der Waals surface area contributed by atoms with E-state index in [0.29, 0.717) is 11.6 Å². The SMILES string of the molecule is CC1(C)CN(C(=O)OC(C)(C)C)c2cccc(Cl)c2N1. The molecule has 4 nitrogen and oxygen atoms in total. The average Bonchev–Trinajstić information content (AvgIpc) is 2.26. The van der Waals surface area contributed by atoms with Gasteiger partial charge in [0, 0.05) is 5.54 Å². The lowest BCUT2D eigenvalue weighted by Crippen LogP contribution is -2.52. The Hall–Kier alpha value is -1.42. The monoisotopic (exact) mass is 296 g/mol. The summed E-state index contributed by atoms with van der Waals surface area (Å²) in [4.78, 5) is 14.1. The molecule has 0 aliphatic carbocycles. The number of halogens is 1. The van der Waals surface area contributed by atoms with Gasteiger partial charge in [-0.3, -0.25) is 4.90 Å². The summed E-state index contributed by atoms with van der Waals surface area (Å²) in [5.74, 6) is 0. The average molecular weight is 297 g/mol. The third kappa shape index (κ3) is 3.18. The summed E-state index contributed by atoms with van der Waals surface area (Å²) in [5, 5.41) is 3.97. The quantitative estimate of drug-likeness (QED) is 0.776. The number of fused-ring (bicyclic) bond motifs is 1. The lowest BCUT2D eigenvalue weighted by molar-refractivity contribution is 0.0573. The number of carbonyl (C=O) groups excluding carboxylic acids is 1. The first kappa shape index (κ1) is 15.0. The predicted molar refractivity (Wildman–Crippen MR) is 82.7 cm³/mol. The Bertz CT molecular complexity index is 535. The predicted octanol–water partition coefficient (Wildman–Crippen LogP) is 4.29. The number of benzene rings is 1. The van der Waals surface area contributed by atoms with E-state index in [1.54, 1.807) is 4.90 Å². The molecule has 1 N–H and O–H groups in total. The van der Waals surface area contributed by atoms with Crippen LogP contribution in [0.15, 0.2) is 18.2 Å². The Morgan fingerprint density at radius 2 is 2.05 bits per heavy atom. The molecule has 1 aromatic carbocycles. The van der Waals surface area contributed by atoms with Crippen LogP contribution < -0.4 is 10.2 Å². The van der Waals surface area contributed by atoms with E-state index in [-0.39, 0.29) is 11.6 Å². The van der Waals surface area contributed by atoms with Crippen molar-refractivity contribution in [2.75, 3.05) is 16.8 Å². The van der Waals surface area contributed by atoms with Gasteiger partial charge in [0.1, 0.15) is 5.60 Å². The van der Waals surface area contributed by atoms with Gasteiger partial charge in [0.25, 0.3) is 0 Å². The highest BCUT2D eigenvalue weighted by Gasteiger charge is 2.35. The largest absolute Gasteiger partial charge is 0.443 e. The number of para-hydroxylation sites is 1. The fourth-order valence-electron chi connectivity index (χ4n) is 2.20. The van der Waals surface area contributed by atoms with E-state index in [4.69, 9.17) is 16.3 Å². The van der Waals surface area contributed by atoms with E-state index in [1.165, 1.54) is 0 Å². The van der Waals surface area contributed by atoms with Gasteiger partial charge < -0.3 is 10.1 Å². The summed E-state index contributed by atoms with van der Waals surface area (Å²) in [6.45, 7) is 10.1. The van der Waals surface area contributed by atoms with Gasteiger partial charge in [-0.2, -0.15) is 0 Å². The van der Waals surface area contributed by atoms with Gasteiger partial charge in [0.2, 0.25) is 0 Å². The molecule has 1 aromatic rings. The Morgan fingerprint density at radius 1 is 1.40 bits per heavy atom. The smallest absolute Gasteiger partial charge is 0.414 e. The third-order valence-electron chi connectivity index (χ3n) is 2.91. The standard InChI is InChI=1S/C15H21ClN2O2/c1-14(2,3)20-13(19)18-9-15(4,5)17-12-10(16)7-6-8-11(12)18/h6-8,17H,9H2,1-5H3. The van der Waals surface area contributed by atoms with Crippen LogP contribution in [0.2, 0.25) is 5.02 Å². The van der Waals surface area contributed by atoms with Gasteiger partial charge in [-0.1, -0.05) is 17.7 Å². The van der Waals surface area contributed by atoms with Crippen molar-refractivity contribution >= 4 is 29.1 Å². The summed E-state index contributed by atoms with van der Waals surface area (Å²) in [5.41, 5.74) is 0.738. The number of nitrogens with one attached hydrogen (secondary N) is 1. The van der Waals surface area contributed by atoms with E-state index in [0.717, 1.165) is 11.4 Å². The van der Waals surface area contributed by atoms with E-state index >= 15 is 0 Å². The van der Waals surface area contributed by atoms with Gasteiger partial charge in [-0.05, 0) is 46.8 Å². The molecule has 0 saturated heterocycles. The van der Waals surface area contributed by atoms with Gasteiger partial charge in [-0.25, -0.2) is 4.79 Å². The Labute approximate surface area is 125 Å². The number of carbonyl (C=O) groups is 1. The first-order valence-corrected chi connectivity index (χ1v) is 7.04. The van der Waals surface area contributed by atoms with Crippen LogP contribution in [0.5, 0.6) is 0 Å². The second-order valence-corrected chi connectivity index (χ2v) is 7.12. The topological polar surface area (TPSA) is 41.6 Å². The van der Waals surface area contributed by atoms with Crippen LogP contribution in [-0.2, 0) is 4.74 Å². The van der Waals surface area contributed by atoms with Crippen molar-refractivity contribution in [1.82, 2.24) is 0 Å². The summed E-state index contributed by atoms with van der Waals surface area (Å²) in [6, 6.07) is 5.51. The van der Waals surface area contributed by atoms with Crippen molar-refractivity contribution in [1.29, 1.82) is 0 Å². The molecule has 1 aliphatic heterocycles. The maximum atomic E-state index is 12.4. The van der Waals surface area contributed by atoms with Gasteiger partial charge in [0.15, 0.2) is 0 Å². The van der Waals surface area contributed by atoms with E-state index in [9.17, 15) is 4.79 Å². The minimum atomic E-state index is -0.523. The fourth-order valence-corrected chi connectivity index (χ4v) is 2.42. The molecule has 2 rings (SSSR count). The summed E-state index contributed by atoms with van der Waals surface area (Å²) >= 11 is 6.23. The zero-order valence-electron chi connectivity index (χ0n) is 12.6. The summed E-state index contributed by atoms with van der Waals surface area (Å²) in [7, 11) is 0. The van der Waals surface area contributed by atoms with Crippen molar-refractivity contribution in [2.45, 2.75) is 45.8 Å². The number of amides is 1. The highest BCUT2D eigenvalue weighted by Crippen LogP contribution is 2.39. The van der Waals surface area contributed by atoms with Crippen molar-refractivity contribution in [3.8, 4) is 0 Å². The van der Waals surface area contributed by atoms with Crippen molar-refractivity contribution in [2.24, 2.45) is 0 Å². The second-order valence-electron chi connectivity index (χ2n) is 6.71. The molecule has 0 atom stereocenters. The maximum absolute atomic E-state index is 12.4. The number of hydrogen-bond donors (Lipinski definition) is 1. The molecule has 0 unspecified atom stereocenters. The van der Waals surface area contributed by atoms with Crippen molar-refractivity contribution in [3.05, 3.63) is 23.2 Å². The molecule has 20 heavy (non-hydrogen) atoms. The maximum Gasteiger partial charge on any atom is 0.414 e. The molecule has 1 amide bonds. The zero-order valence-corrected chi connectivity index (χ0v) is 13.3. The molecule has 0 aromatic heterocycles. The van der Waals surface area contributed by atoms with Crippen LogP contribution in [0, 0.1) is 0 Å². The molecule has 1 aliphatic rings. The van der Waals surface area contributed by atoms with Crippen LogP contribution >= 0.6 is 11.6 Å². The van der Waals surface area contributed by atoms with Crippen LogP contribution in [-0.4, -0.2) is 23.8 Å². The molecule has 110 valence electrons. The fraction of sp³-hybridized carbons (Fsp3) is 0.533. The molecule has 0 bridgehead atoms. The zero-order chi connectivity index (χ0) is 15.1. The van der Waals surface area contributed by atoms with Gasteiger partial charge in [-0.15, -0.1) is 0 Å². The van der Waals surface area contributed by atoms with Crippen LogP contribution in [0.1, 0.15) is 34.6 Å². The summed E-state index contributed by atoms with van der Waals surface area (Å²) in [6.07, 6.45) is -0.351. The molecule has 0 saturated carbocycles. The van der Waals surface area contributed by atoms with Gasteiger partial charge >= 0.3 is 6.09 Å². The van der Waals surface area contributed by atoms with E-state index < -0.39 is 5.60 Å². The minimum Gasteiger partial charge on any atom is -0.443 e. The van der Waals surface area contributed by atoms with E-state index in [2.05, 4.69) is 5.32 Å². The molecular formula is C15H21ClN2O2. The first-order chi connectivity index (χ1) is 9.09. The number of ether oxygens (including phenoxy) is 1. The number of hydrogen-bond acceptors (Lipinski definition) is 3. The van der Waals surface area contributed by atoms with Crippen molar-refractivity contribution < 1.29 is 9.53 Å². The molecule has 0 spiro atoms. The molecule has 5 heteroatoms. The first-order valence-electron chi connectivity index (χ1n) is 6.66. The lowest BCUT2D eigenvalue weighted by atomic mass is 9.99. The van der Waals surface area contributed by atoms with E-state index in [1.807, 2.05) is 52.8 Å². The van der Waals surface area contributed by atoms with Crippen LogP contribution in [0.25, 0.3) is 0 Å². The highest BCUT2D eigenvalue weighted by atomic mass is 35.5. The number of nitrogens with zero attached hydrogens (tertiary/aromatic N) is 1. The lowest BCUT2D eigenvalue weighted by Gasteiger charge is -2.41. The molecule has 0 fully saturated rings. The van der Waals surface area contributed by atoms with Gasteiger partial charge in [0.05, 0.1) is 22.9 Å². The number of anilines is 2. The normalized spacial score (nSPS) is 17.2.